The third kappa shape index (κ3) is 3.65. The highest BCUT2D eigenvalue weighted by Crippen LogP contribution is 2.42. The van der Waals surface area contributed by atoms with E-state index in [0.717, 1.165) is 6.92 Å². The van der Waals surface area contributed by atoms with Crippen LogP contribution in [-0.4, -0.2) is 56.4 Å². The molecule has 0 spiro atoms. The number of aromatic amines is 1. The fourth-order valence-electron chi connectivity index (χ4n) is 2.70. The molecule has 2 rings (SSSR count). The fourth-order valence-corrected chi connectivity index (χ4v) is 2.70. The van der Waals surface area contributed by atoms with Gasteiger partial charge >= 0.3 is 11.7 Å². The normalized spacial score (nSPS) is 31.9. The molecule has 0 saturated carbocycles. The number of aliphatic hydroxyl groups is 2. The van der Waals surface area contributed by atoms with E-state index in [1.165, 1.54) is 0 Å². The largest absolute Gasteiger partial charge is 0.458 e. The number of nitrogens with two attached hydrogens (primary N) is 1. The molecule has 5 atom stereocenters. The molecule has 1 aliphatic heterocycles. The quantitative estimate of drug-likeness (QED) is 0.340. The van der Waals surface area contributed by atoms with E-state index in [9.17, 15) is 29.0 Å². The van der Waals surface area contributed by atoms with Crippen LogP contribution in [-0.2, 0) is 20.0 Å². The summed E-state index contributed by atoms with van der Waals surface area (Å²) >= 11 is 0. The van der Waals surface area contributed by atoms with Gasteiger partial charge in [-0.1, -0.05) is 13.8 Å². The minimum atomic E-state index is -3.16. The summed E-state index contributed by atoms with van der Waals surface area (Å²) in [6.07, 6.45) is -4.44. The maximum atomic E-state index is 15.0. The van der Waals surface area contributed by atoms with Gasteiger partial charge in [-0.15, -0.1) is 0 Å². The summed E-state index contributed by atoms with van der Waals surface area (Å²) < 4.78 is 39.0. The van der Waals surface area contributed by atoms with Crippen molar-refractivity contribution in [2.45, 2.75) is 50.6 Å². The minimum Gasteiger partial charge on any atom is -0.458 e. The van der Waals surface area contributed by atoms with Crippen LogP contribution in [0.1, 0.15) is 20.8 Å². The van der Waals surface area contributed by atoms with Gasteiger partial charge in [-0.05, 0) is 12.8 Å². The van der Waals surface area contributed by atoms with Crippen molar-refractivity contribution in [2.24, 2.45) is 11.7 Å². The monoisotopic (exact) mass is 393 g/mol. The number of ether oxygens (including phenoxy) is 2. The number of aromatic nitrogens is 2. The third-order valence-corrected chi connectivity index (χ3v) is 4.41. The number of H-pyrrole nitrogens is 1. The van der Waals surface area contributed by atoms with Crippen LogP contribution in [0, 0.1) is 11.9 Å². The lowest BCUT2D eigenvalue weighted by Gasteiger charge is -2.30. The van der Waals surface area contributed by atoms with E-state index in [2.05, 4.69) is 0 Å². The first-order valence-corrected chi connectivity index (χ1v) is 8.03. The summed E-state index contributed by atoms with van der Waals surface area (Å²) in [5, 5.41) is 20.2. The minimum absolute atomic E-state index is 0.144. The SMILES string of the molecule is CC(C)[C@H](N)C(=O)OC[C@@]1(F)O[C@@](C)(n2c(F)cc(=O)[nH]c2=O)[C@H](O)[C@@H]1O. The number of rotatable bonds is 5. The number of hydrogen-bond donors (Lipinski definition) is 4. The second-order valence-corrected chi connectivity index (χ2v) is 6.81. The predicted octanol–water partition coefficient (Wildman–Crippen LogP) is -1.71. The lowest BCUT2D eigenvalue weighted by Crippen LogP contribution is -2.51. The standard InChI is InChI=1S/C15H21F2N3O7/c1-6(2)9(18)12(24)26-5-15(17)11(23)10(22)14(3,27-15)20-7(16)4-8(21)19-13(20)25/h4,6,9-11,22-23H,5,18H2,1-3H3,(H,19,21,25)/t9-,10+,11-,14+,15+/m0/s1. The molecule has 0 radical (unpaired) electrons. The Morgan fingerprint density at radius 1 is 1.44 bits per heavy atom. The first kappa shape index (κ1) is 21.2. The van der Waals surface area contributed by atoms with Gasteiger partial charge in [0.05, 0.1) is 6.07 Å². The zero-order valence-corrected chi connectivity index (χ0v) is 14.8. The highest BCUT2D eigenvalue weighted by atomic mass is 19.2. The Morgan fingerprint density at radius 2 is 2.04 bits per heavy atom. The maximum Gasteiger partial charge on any atom is 0.333 e. The highest BCUT2D eigenvalue weighted by molar-refractivity contribution is 5.75. The van der Waals surface area contributed by atoms with Crippen LogP contribution in [0.2, 0.25) is 0 Å². The van der Waals surface area contributed by atoms with Gasteiger partial charge in [-0.25, -0.2) is 13.8 Å². The Labute approximate surface area is 151 Å². The number of carbonyl (C=O) groups excluding carboxylic acids is 1. The van der Waals surface area contributed by atoms with Gasteiger partial charge in [0.2, 0.25) is 5.95 Å². The predicted molar refractivity (Wildman–Crippen MR) is 85.6 cm³/mol. The third-order valence-electron chi connectivity index (χ3n) is 4.41. The zero-order chi connectivity index (χ0) is 20.7. The van der Waals surface area contributed by atoms with Crippen molar-refractivity contribution >= 4 is 5.97 Å². The topological polar surface area (TPSA) is 157 Å². The van der Waals surface area contributed by atoms with Crippen molar-refractivity contribution in [1.29, 1.82) is 0 Å². The van der Waals surface area contributed by atoms with Gasteiger partial charge in [0.1, 0.15) is 18.2 Å². The summed E-state index contributed by atoms with van der Waals surface area (Å²) in [6.45, 7) is 3.01. The molecule has 1 aromatic rings. The van der Waals surface area contributed by atoms with Crippen molar-refractivity contribution in [3.8, 4) is 0 Å². The average molecular weight is 393 g/mol. The molecule has 1 aromatic heterocycles. The van der Waals surface area contributed by atoms with Gasteiger partial charge in [-0.2, -0.15) is 4.39 Å². The van der Waals surface area contributed by atoms with Crippen molar-refractivity contribution in [3.05, 3.63) is 32.9 Å². The highest BCUT2D eigenvalue weighted by Gasteiger charge is 2.63. The van der Waals surface area contributed by atoms with Gasteiger partial charge in [0.15, 0.2) is 12.3 Å². The zero-order valence-electron chi connectivity index (χ0n) is 14.8. The number of halogens is 2. The molecule has 27 heavy (non-hydrogen) atoms. The van der Waals surface area contributed by atoms with E-state index in [1.54, 1.807) is 18.8 Å². The number of alkyl halides is 1. The molecule has 0 aromatic carbocycles. The molecular formula is C15H21F2N3O7. The van der Waals surface area contributed by atoms with Crippen molar-refractivity contribution in [3.63, 3.8) is 0 Å². The molecule has 10 nitrogen and oxygen atoms in total. The molecule has 1 fully saturated rings. The lowest BCUT2D eigenvalue weighted by atomic mass is 10.0. The molecule has 0 unspecified atom stereocenters. The second-order valence-electron chi connectivity index (χ2n) is 6.81. The van der Waals surface area contributed by atoms with Crippen molar-refractivity contribution in [2.75, 3.05) is 6.61 Å². The average Bonchev–Trinajstić information content (AvgIpc) is 2.72. The van der Waals surface area contributed by atoms with Crippen molar-refractivity contribution in [1.82, 2.24) is 9.55 Å². The molecule has 0 aliphatic carbocycles. The second kappa shape index (κ2) is 7.11. The Morgan fingerprint density at radius 3 is 2.56 bits per heavy atom. The van der Waals surface area contributed by atoms with E-state index in [1.807, 2.05) is 0 Å². The van der Waals surface area contributed by atoms with E-state index in [4.69, 9.17) is 15.2 Å². The number of hydrogen-bond acceptors (Lipinski definition) is 8. The molecule has 5 N–H and O–H groups in total. The molecule has 1 aliphatic rings. The lowest BCUT2D eigenvalue weighted by molar-refractivity contribution is -0.247. The number of esters is 1. The Bertz CT molecular complexity index is 841. The van der Waals surface area contributed by atoms with Crippen LogP contribution in [0.15, 0.2) is 15.7 Å². The molecule has 1 saturated heterocycles. The van der Waals surface area contributed by atoms with Gasteiger partial charge < -0.3 is 25.4 Å². The Balaban J connectivity index is 2.33. The van der Waals surface area contributed by atoms with Crippen LogP contribution < -0.4 is 17.0 Å². The number of carbonyl (C=O) groups is 1. The first-order valence-electron chi connectivity index (χ1n) is 8.03. The summed E-state index contributed by atoms with van der Waals surface area (Å²) in [5.74, 6) is -5.89. The molecule has 2 heterocycles. The number of nitrogens with one attached hydrogen (secondary N) is 1. The molecule has 12 heteroatoms. The molecule has 0 bridgehead atoms. The Kier molecular flexibility index (Phi) is 5.57. The van der Waals surface area contributed by atoms with Crippen molar-refractivity contribution < 1.29 is 33.3 Å². The number of nitrogens with zero attached hydrogens (tertiary/aromatic N) is 1. The maximum absolute atomic E-state index is 15.0. The van der Waals surface area contributed by atoms with Crippen LogP contribution in [0.3, 0.4) is 0 Å². The van der Waals surface area contributed by atoms with Gasteiger partial charge in [-0.3, -0.25) is 14.6 Å². The summed E-state index contributed by atoms with van der Waals surface area (Å²) in [4.78, 5) is 36.6. The van der Waals surface area contributed by atoms with Gasteiger partial charge in [0.25, 0.3) is 11.4 Å². The summed E-state index contributed by atoms with van der Waals surface area (Å²) in [7, 11) is 0. The smallest absolute Gasteiger partial charge is 0.333 e. The number of aliphatic hydroxyl groups excluding tert-OH is 2. The van der Waals surface area contributed by atoms with Crippen LogP contribution in [0.5, 0.6) is 0 Å². The summed E-state index contributed by atoms with van der Waals surface area (Å²) in [5.41, 5.74) is 0.733. The molecular weight excluding hydrogens is 372 g/mol. The van der Waals surface area contributed by atoms with Crippen LogP contribution in [0.25, 0.3) is 0 Å². The first-order chi connectivity index (χ1) is 12.3. The Hall–Kier alpha value is -2.15. The summed E-state index contributed by atoms with van der Waals surface area (Å²) in [6, 6.07) is -0.683. The fraction of sp³-hybridized carbons (Fsp3) is 0.667. The van der Waals surface area contributed by atoms with Gasteiger partial charge in [0, 0.05) is 0 Å². The van der Waals surface area contributed by atoms with Crippen LogP contribution >= 0.6 is 0 Å². The molecule has 0 amide bonds. The van der Waals surface area contributed by atoms with E-state index in [-0.39, 0.29) is 10.5 Å². The van der Waals surface area contributed by atoms with E-state index < -0.39 is 59.6 Å². The van der Waals surface area contributed by atoms with E-state index >= 15 is 4.39 Å². The molecule has 152 valence electrons. The van der Waals surface area contributed by atoms with Crippen LogP contribution in [0.4, 0.5) is 8.78 Å². The van der Waals surface area contributed by atoms with E-state index in [0.29, 0.717) is 6.07 Å².